The van der Waals surface area contributed by atoms with E-state index < -0.39 is 5.97 Å². The Morgan fingerprint density at radius 2 is 1.58 bits per heavy atom. The van der Waals surface area contributed by atoms with Crippen molar-refractivity contribution in [1.82, 2.24) is 5.32 Å². The van der Waals surface area contributed by atoms with Crippen LogP contribution in [0.15, 0.2) is 0 Å². The van der Waals surface area contributed by atoms with Gasteiger partial charge in [-0.25, -0.2) is 4.79 Å². The zero-order chi connectivity index (χ0) is 14.3. The van der Waals surface area contributed by atoms with Crippen LogP contribution in [0.4, 0.5) is 0 Å². The molecule has 0 aliphatic rings. The van der Waals surface area contributed by atoms with Gasteiger partial charge in [0.05, 0.1) is 0 Å². The fraction of sp³-hybridized carbons (Fsp3) is 0.933. The Balaban J connectivity index is 3.55. The van der Waals surface area contributed by atoms with Crippen LogP contribution >= 0.6 is 0 Å². The second-order valence-electron chi connectivity index (χ2n) is 5.18. The van der Waals surface area contributed by atoms with E-state index in [0.29, 0.717) is 0 Å². The number of carbonyl (C=O) groups is 1. The minimum Gasteiger partial charge on any atom is -0.304 e. The topological polar surface area (TPSA) is 58.6 Å². The molecule has 1 unspecified atom stereocenters. The highest BCUT2D eigenvalue weighted by Gasteiger charge is 2.18. The summed E-state index contributed by atoms with van der Waals surface area (Å²) in [4.78, 5) is 15.2. The molecule has 0 rings (SSSR count). The number of unbranched alkanes of at least 4 members (excludes halogenated alkanes) is 7. The van der Waals surface area contributed by atoms with Crippen LogP contribution in [0.5, 0.6) is 0 Å². The molecule has 4 heteroatoms. The van der Waals surface area contributed by atoms with Gasteiger partial charge >= 0.3 is 5.97 Å². The van der Waals surface area contributed by atoms with Gasteiger partial charge in [-0.2, -0.15) is 5.26 Å². The fourth-order valence-corrected chi connectivity index (χ4v) is 2.13. The first-order valence-electron chi connectivity index (χ1n) is 7.84. The van der Waals surface area contributed by atoms with E-state index in [-0.39, 0.29) is 6.04 Å². The third kappa shape index (κ3) is 11.0. The molecule has 19 heavy (non-hydrogen) atoms. The smallest absolute Gasteiger partial charge is 0.304 e. The number of rotatable bonds is 13. The summed E-state index contributed by atoms with van der Waals surface area (Å²) in [5.41, 5.74) is 0. The van der Waals surface area contributed by atoms with Crippen LogP contribution in [-0.4, -0.2) is 23.8 Å². The quantitative estimate of drug-likeness (QED) is 0.303. The lowest BCUT2D eigenvalue weighted by atomic mass is 10.1. The average Bonchev–Trinajstić information content (AvgIpc) is 2.44. The summed E-state index contributed by atoms with van der Waals surface area (Å²) in [6.07, 6.45) is 11.5. The van der Waals surface area contributed by atoms with Crippen molar-refractivity contribution in [1.29, 1.82) is 0 Å². The molecule has 0 saturated carbocycles. The molecule has 114 valence electrons. The molecule has 0 radical (unpaired) electrons. The van der Waals surface area contributed by atoms with Crippen LogP contribution in [0.2, 0.25) is 0 Å². The van der Waals surface area contributed by atoms with Crippen molar-refractivity contribution in [2.24, 2.45) is 0 Å². The molecule has 2 N–H and O–H groups in total. The van der Waals surface area contributed by atoms with E-state index in [1.165, 1.54) is 38.5 Å². The predicted octanol–water partition coefficient (Wildman–Crippen LogP) is 3.90. The van der Waals surface area contributed by atoms with Crippen LogP contribution in [0.3, 0.4) is 0 Å². The zero-order valence-electron chi connectivity index (χ0n) is 12.6. The second kappa shape index (κ2) is 13.8. The fourth-order valence-electron chi connectivity index (χ4n) is 2.13. The molecular formula is C15H31NO3. The van der Waals surface area contributed by atoms with Crippen LogP contribution in [0, 0.1) is 0 Å². The van der Waals surface area contributed by atoms with Gasteiger partial charge in [-0.15, -0.1) is 0 Å². The zero-order valence-corrected chi connectivity index (χ0v) is 12.6. The summed E-state index contributed by atoms with van der Waals surface area (Å²) in [5.74, 6) is -0.559. The molecule has 0 aliphatic carbocycles. The Bertz CT molecular complexity index is 210. The molecule has 0 aromatic rings. The van der Waals surface area contributed by atoms with Gasteiger partial charge in [-0.1, -0.05) is 65.2 Å². The first-order valence-corrected chi connectivity index (χ1v) is 7.84. The van der Waals surface area contributed by atoms with E-state index >= 15 is 0 Å². The van der Waals surface area contributed by atoms with Crippen molar-refractivity contribution in [3.8, 4) is 0 Å². The van der Waals surface area contributed by atoms with Crippen molar-refractivity contribution >= 4 is 5.97 Å². The maximum Gasteiger partial charge on any atom is 0.358 e. The third-order valence-electron chi connectivity index (χ3n) is 3.39. The Kier molecular flexibility index (Phi) is 13.4. The van der Waals surface area contributed by atoms with Crippen LogP contribution < -0.4 is 5.32 Å². The van der Waals surface area contributed by atoms with Crippen LogP contribution in [0.1, 0.15) is 78.1 Å². The highest BCUT2D eigenvalue weighted by Crippen LogP contribution is 2.07. The van der Waals surface area contributed by atoms with Gasteiger partial charge in [0.2, 0.25) is 0 Å². The van der Waals surface area contributed by atoms with E-state index in [4.69, 9.17) is 5.26 Å². The molecule has 0 amide bonds. The summed E-state index contributed by atoms with van der Waals surface area (Å²) in [6, 6.07) is -0.356. The molecular weight excluding hydrogens is 242 g/mol. The van der Waals surface area contributed by atoms with E-state index in [9.17, 15) is 4.79 Å². The molecule has 0 aliphatic heterocycles. The SMILES string of the molecule is CCCCCCCCCNC(CCCC)C(=O)OO. The molecule has 0 heterocycles. The highest BCUT2D eigenvalue weighted by molar-refractivity contribution is 5.74. The summed E-state index contributed by atoms with van der Waals surface area (Å²) in [7, 11) is 0. The van der Waals surface area contributed by atoms with Gasteiger partial charge < -0.3 is 5.32 Å². The van der Waals surface area contributed by atoms with Gasteiger partial charge in [0.1, 0.15) is 6.04 Å². The Labute approximate surface area is 117 Å². The van der Waals surface area contributed by atoms with Gasteiger partial charge in [0.15, 0.2) is 0 Å². The predicted molar refractivity (Wildman–Crippen MR) is 78.0 cm³/mol. The standard InChI is InChI=1S/C15H31NO3/c1-3-5-7-8-9-10-11-13-16-14(12-6-4-2)15(17)19-18/h14,16,18H,3-13H2,1-2H3. The molecule has 0 aromatic heterocycles. The van der Waals surface area contributed by atoms with Crippen molar-refractivity contribution in [3.63, 3.8) is 0 Å². The van der Waals surface area contributed by atoms with Gasteiger partial charge in [0.25, 0.3) is 0 Å². The lowest BCUT2D eigenvalue weighted by molar-refractivity contribution is -0.236. The average molecular weight is 273 g/mol. The van der Waals surface area contributed by atoms with Gasteiger partial charge in [0, 0.05) is 0 Å². The molecule has 0 aromatic carbocycles. The highest BCUT2D eigenvalue weighted by atomic mass is 17.1. The largest absolute Gasteiger partial charge is 0.358 e. The molecule has 1 atom stereocenters. The van der Waals surface area contributed by atoms with Crippen molar-refractivity contribution in [2.75, 3.05) is 6.54 Å². The van der Waals surface area contributed by atoms with E-state index in [1.807, 2.05) is 0 Å². The minimum absolute atomic E-state index is 0.356. The number of nitrogens with one attached hydrogen (secondary N) is 1. The van der Waals surface area contributed by atoms with E-state index in [2.05, 4.69) is 24.1 Å². The molecule has 0 fully saturated rings. The normalized spacial score (nSPS) is 12.4. The first-order chi connectivity index (χ1) is 9.26. The molecule has 0 saturated heterocycles. The van der Waals surface area contributed by atoms with Gasteiger partial charge in [-0.3, -0.25) is 4.89 Å². The van der Waals surface area contributed by atoms with Crippen molar-refractivity contribution < 1.29 is 14.9 Å². The van der Waals surface area contributed by atoms with Crippen LogP contribution in [-0.2, 0) is 9.68 Å². The Morgan fingerprint density at radius 1 is 1.00 bits per heavy atom. The molecule has 0 spiro atoms. The monoisotopic (exact) mass is 273 g/mol. The molecule has 0 bridgehead atoms. The number of carbonyl (C=O) groups excluding carboxylic acids is 1. The summed E-state index contributed by atoms with van der Waals surface area (Å²) in [5, 5.41) is 11.6. The lowest BCUT2D eigenvalue weighted by Gasteiger charge is -2.14. The van der Waals surface area contributed by atoms with Crippen molar-refractivity contribution in [3.05, 3.63) is 0 Å². The Hall–Kier alpha value is -0.610. The second-order valence-corrected chi connectivity index (χ2v) is 5.18. The summed E-state index contributed by atoms with van der Waals surface area (Å²) < 4.78 is 0. The molecule has 4 nitrogen and oxygen atoms in total. The van der Waals surface area contributed by atoms with E-state index in [0.717, 1.165) is 32.2 Å². The van der Waals surface area contributed by atoms with Crippen LogP contribution in [0.25, 0.3) is 0 Å². The minimum atomic E-state index is -0.559. The lowest BCUT2D eigenvalue weighted by Crippen LogP contribution is -2.38. The maximum absolute atomic E-state index is 11.3. The van der Waals surface area contributed by atoms with Gasteiger partial charge in [-0.05, 0) is 19.4 Å². The third-order valence-corrected chi connectivity index (χ3v) is 3.39. The van der Waals surface area contributed by atoms with E-state index in [1.54, 1.807) is 0 Å². The number of hydrogen-bond acceptors (Lipinski definition) is 4. The Morgan fingerprint density at radius 3 is 2.16 bits per heavy atom. The van der Waals surface area contributed by atoms with Crippen molar-refractivity contribution in [2.45, 2.75) is 84.1 Å². The summed E-state index contributed by atoms with van der Waals surface area (Å²) in [6.45, 7) is 5.12. The summed E-state index contributed by atoms with van der Waals surface area (Å²) >= 11 is 0. The number of hydrogen-bond donors (Lipinski definition) is 2. The maximum atomic E-state index is 11.3. The first kappa shape index (κ1) is 18.4.